The normalized spacial score (nSPS) is 10.7. The summed E-state index contributed by atoms with van der Waals surface area (Å²) in [4.78, 5) is 9.84. The third kappa shape index (κ3) is 1.25. The zero-order valence-corrected chi connectivity index (χ0v) is 8.23. The van der Waals surface area contributed by atoms with Gasteiger partial charge in [0.1, 0.15) is 0 Å². The molecule has 6 heteroatoms. The number of hydrogen-bond acceptors (Lipinski definition) is 3. The molecular weight excluding hydrogens is 229 g/mol. The van der Waals surface area contributed by atoms with Crippen molar-refractivity contribution in [1.29, 1.82) is 0 Å². The van der Waals surface area contributed by atoms with Crippen LogP contribution in [0.5, 0.6) is 0 Å². The molecule has 72 valence electrons. The number of nitro benzene ring substituents is 1. The second-order valence-electron chi connectivity index (χ2n) is 2.61. The molecule has 2 aromatic rings. The smallest absolute Gasteiger partial charge is 0.258 e. The molecular formula is C8H3ClFNO2S. The molecule has 0 atom stereocenters. The SMILES string of the molecule is O=[N+]([O-])c1c(F)cc(Cl)c2sccc12. The van der Waals surface area contributed by atoms with E-state index in [9.17, 15) is 14.5 Å². The van der Waals surface area contributed by atoms with Crippen molar-refractivity contribution in [3.63, 3.8) is 0 Å². The molecule has 0 spiro atoms. The van der Waals surface area contributed by atoms with Crippen LogP contribution < -0.4 is 0 Å². The van der Waals surface area contributed by atoms with Crippen LogP contribution in [0.2, 0.25) is 5.02 Å². The highest BCUT2D eigenvalue weighted by Crippen LogP contribution is 2.37. The van der Waals surface area contributed by atoms with E-state index in [-0.39, 0.29) is 10.4 Å². The van der Waals surface area contributed by atoms with Crippen molar-refractivity contribution in [3.8, 4) is 0 Å². The first-order valence-corrected chi connectivity index (χ1v) is 4.86. The summed E-state index contributed by atoms with van der Waals surface area (Å²) in [5, 5.41) is 12.7. The maximum Gasteiger partial charge on any atom is 0.313 e. The predicted octanol–water partition coefficient (Wildman–Crippen LogP) is 3.60. The molecule has 0 bridgehead atoms. The Kier molecular flexibility index (Phi) is 2.13. The standard InChI is InChI=1S/C8H3ClFNO2S/c9-5-3-6(10)7(11(12)13)4-1-2-14-8(4)5/h1-3H. The first kappa shape index (κ1) is 9.36. The molecule has 0 saturated heterocycles. The fourth-order valence-electron chi connectivity index (χ4n) is 1.24. The lowest BCUT2D eigenvalue weighted by molar-refractivity contribution is -0.385. The van der Waals surface area contributed by atoms with Crippen molar-refractivity contribution in [3.05, 3.63) is 38.5 Å². The Hall–Kier alpha value is -1.20. The summed E-state index contributed by atoms with van der Waals surface area (Å²) in [6.07, 6.45) is 0. The van der Waals surface area contributed by atoms with Gasteiger partial charge in [0.25, 0.3) is 0 Å². The maximum absolute atomic E-state index is 13.2. The fraction of sp³-hybridized carbons (Fsp3) is 0. The van der Waals surface area contributed by atoms with Crippen molar-refractivity contribution in [2.24, 2.45) is 0 Å². The number of rotatable bonds is 1. The molecule has 0 N–H and O–H groups in total. The highest BCUT2D eigenvalue weighted by Gasteiger charge is 2.21. The minimum atomic E-state index is -0.897. The summed E-state index contributed by atoms with van der Waals surface area (Å²) < 4.78 is 13.7. The number of nitro groups is 1. The maximum atomic E-state index is 13.2. The number of fused-ring (bicyclic) bond motifs is 1. The summed E-state index contributed by atoms with van der Waals surface area (Å²) in [7, 11) is 0. The second kappa shape index (κ2) is 3.18. The van der Waals surface area contributed by atoms with Gasteiger partial charge < -0.3 is 0 Å². The minimum Gasteiger partial charge on any atom is -0.258 e. The summed E-state index contributed by atoms with van der Waals surface area (Å²) in [6, 6.07) is 2.46. The Balaban J connectivity index is 2.93. The first-order chi connectivity index (χ1) is 6.61. The van der Waals surface area contributed by atoms with E-state index in [0.29, 0.717) is 4.70 Å². The van der Waals surface area contributed by atoms with E-state index in [1.807, 2.05) is 0 Å². The Morgan fingerprint density at radius 1 is 1.57 bits per heavy atom. The molecule has 1 aromatic carbocycles. The van der Waals surface area contributed by atoms with E-state index in [4.69, 9.17) is 11.6 Å². The van der Waals surface area contributed by atoms with Gasteiger partial charge in [0.05, 0.1) is 20.0 Å². The summed E-state index contributed by atoms with van der Waals surface area (Å²) in [6.45, 7) is 0. The fourth-order valence-corrected chi connectivity index (χ4v) is 2.37. The molecule has 1 heterocycles. The molecule has 14 heavy (non-hydrogen) atoms. The van der Waals surface area contributed by atoms with Gasteiger partial charge in [0.15, 0.2) is 0 Å². The van der Waals surface area contributed by atoms with Gasteiger partial charge in [-0.25, -0.2) is 0 Å². The van der Waals surface area contributed by atoms with Crippen molar-refractivity contribution in [2.45, 2.75) is 0 Å². The molecule has 2 rings (SSSR count). The lowest BCUT2D eigenvalue weighted by Crippen LogP contribution is -1.92. The average molecular weight is 232 g/mol. The van der Waals surface area contributed by atoms with Crippen molar-refractivity contribution < 1.29 is 9.31 Å². The molecule has 0 aliphatic heterocycles. The third-order valence-electron chi connectivity index (χ3n) is 1.80. The molecule has 3 nitrogen and oxygen atoms in total. The van der Waals surface area contributed by atoms with Crippen LogP contribution in [0, 0.1) is 15.9 Å². The Labute approximate surface area is 86.9 Å². The summed E-state index contributed by atoms with van der Waals surface area (Å²) in [5.74, 6) is -0.897. The number of halogens is 2. The molecule has 0 unspecified atom stereocenters. The van der Waals surface area contributed by atoms with Crippen LogP contribution in [-0.2, 0) is 0 Å². The number of thiophene rings is 1. The van der Waals surface area contributed by atoms with Crippen molar-refractivity contribution in [2.75, 3.05) is 0 Å². The second-order valence-corrected chi connectivity index (χ2v) is 3.93. The van der Waals surface area contributed by atoms with Gasteiger partial charge in [-0.1, -0.05) is 11.6 Å². The molecule has 0 aliphatic carbocycles. The monoisotopic (exact) mass is 231 g/mol. The van der Waals surface area contributed by atoms with Gasteiger partial charge in [-0.2, -0.15) is 4.39 Å². The lowest BCUT2D eigenvalue weighted by atomic mass is 10.2. The van der Waals surface area contributed by atoms with Crippen LogP contribution in [0.4, 0.5) is 10.1 Å². The van der Waals surface area contributed by atoms with E-state index in [1.165, 1.54) is 17.4 Å². The van der Waals surface area contributed by atoms with Gasteiger partial charge >= 0.3 is 5.69 Å². The molecule has 0 amide bonds. The Bertz CT molecular complexity index is 525. The number of nitrogens with zero attached hydrogens (tertiary/aromatic N) is 1. The van der Waals surface area contributed by atoms with Gasteiger partial charge in [-0.15, -0.1) is 11.3 Å². The third-order valence-corrected chi connectivity index (χ3v) is 3.16. The first-order valence-electron chi connectivity index (χ1n) is 3.61. The largest absolute Gasteiger partial charge is 0.313 e. The molecule has 0 saturated carbocycles. The van der Waals surface area contributed by atoms with Gasteiger partial charge in [0.2, 0.25) is 5.82 Å². The van der Waals surface area contributed by atoms with Crippen LogP contribution in [0.3, 0.4) is 0 Å². The molecule has 1 aromatic heterocycles. The lowest BCUT2D eigenvalue weighted by Gasteiger charge is -1.97. The molecule has 0 aliphatic rings. The average Bonchev–Trinajstić information content (AvgIpc) is 2.51. The van der Waals surface area contributed by atoms with Gasteiger partial charge in [-0.05, 0) is 11.4 Å². The quantitative estimate of drug-likeness (QED) is 0.556. The molecule has 0 radical (unpaired) electrons. The zero-order chi connectivity index (χ0) is 10.3. The van der Waals surface area contributed by atoms with Crippen LogP contribution in [0.25, 0.3) is 10.1 Å². The van der Waals surface area contributed by atoms with Crippen molar-refractivity contribution in [1.82, 2.24) is 0 Å². The van der Waals surface area contributed by atoms with E-state index >= 15 is 0 Å². The van der Waals surface area contributed by atoms with E-state index in [1.54, 1.807) is 5.38 Å². The topological polar surface area (TPSA) is 43.1 Å². The number of hydrogen-bond donors (Lipinski definition) is 0. The summed E-state index contributed by atoms with van der Waals surface area (Å²) in [5.41, 5.74) is -0.509. The number of benzene rings is 1. The van der Waals surface area contributed by atoms with Crippen molar-refractivity contribution >= 4 is 38.7 Å². The van der Waals surface area contributed by atoms with E-state index < -0.39 is 16.4 Å². The molecule has 0 fully saturated rings. The minimum absolute atomic E-state index is 0.207. The van der Waals surface area contributed by atoms with Gasteiger partial charge in [0, 0.05) is 6.07 Å². The van der Waals surface area contributed by atoms with Crippen LogP contribution in [-0.4, -0.2) is 4.92 Å². The van der Waals surface area contributed by atoms with E-state index in [2.05, 4.69) is 0 Å². The van der Waals surface area contributed by atoms with Crippen LogP contribution in [0.1, 0.15) is 0 Å². The van der Waals surface area contributed by atoms with Crippen LogP contribution >= 0.6 is 22.9 Å². The highest BCUT2D eigenvalue weighted by atomic mass is 35.5. The Morgan fingerprint density at radius 2 is 2.29 bits per heavy atom. The van der Waals surface area contributed by atoms with Crippen LogP contribution in [0.15, 0.2) is 17.5 Å². The summed E-state index contributed by atoms with van der Waals surface area (Å²) >= 11 is 6.98. The predicted molar refractivity (Wildman–Crippen MR) is 53.4 cm³/mol. The zero-order valence-electron chi connectivity index (χ0n) is 6.66. The van der Waals surface area contributed by atoms with E-state index in [0.717, 1.165) is 6.07 Å². The highest BCUT2D eigenvalue weighted by molar-refractivity contribution is 7.18. The Morgan fingerprint density at radius 3 is 2.93 bits per heavy atom. The van der Waals surface area contributed by atoms with Gasteiger partial charge in [-0.3, -0.25) is 10.1 Å².